The minimum absolute atomic E-state index is 0.387. The molecule has 1 rings (SSSR count). The molecule has 0 aliphatic rings. The summed E-state index contributed by atoms with van der Waals surface area (Å²) < 4.78 is 5.08. The fourth-order valence-corrected chi connectivity index (χ4v) is 2.65. The Balaban J connectivity index is 2.85. The molecular weight excluding hydrogens is 262 g/mol. The molecular formula is C13H23N3O2S. The van der Waals surface area contributed by atoms with Crippen molar-refractivity contribution in [1.82, 2.24) is 9.88 Å². The van der Waals surface area contributed by atoms with Crippen molar-refractivity contribution >= 4 is 22.8 Å². The Labute approximate surface area is 119 Å². The second kappa shape index (κ2) is 8.24. The number of hydrogen-bond acceptors (Lipinski definition) is 6. The summed E-state index contributed by atoms with van der Waals surface area (Å²) in [4.78, 5) is 20.6. The smallest absolute Gasteiger partial charge is 0.186 e. The fourth-order valence-electron chi connectivity index (χ4n) is 1.71. The quantitative estimate of drug-likeness (QED) is 0.648. The van der Waals surface area contributed by atoms with E-state index in [0.717, 1.165) is 43.2 Å². The van der Waals surface area contributed by atoms with Crippen LogP contribution >= 0.6 is 11.3 Å². The van der Waals surface area contributed by atoms with Gasteiger partial charge in [-0.1, -0.05) is 18.3 Å². The number of anilines is 1. The summed E-state index contributed by atoms with van der Waals surface area (Å²) in [5, 5.41) is 0.915. The predicted molar refractivity (Wildman–Crippen MR) is 79.3 cm³/mol. The number of carbonyl (C=O) groups excluding carboxylic acids is 1. The Morgan fingerprint density at radius 3 is 2.58 bits per heavy atom. The lowest BCUT2D eigenvalue weighted by atomic mass is 10.4. The lowest BCUT2D eigenvalue weighted by molar-refractivity contribution is 0.112. The van der Waals surface area contributed by atoms with Gasteiger partial charge < -0.3 is 14.5 Å². The highest BCUT2D eigenvalue weighted by molar-refractivity contribution is 7.17. The second-order valence-corrected chi connectivity index (χ2v) is 5.66. The molecule has 1 heterocycles. The SMILES string of the molecule is CCCN(CCN(C)C)c1nc(COC)c(C=O)s1. The van der Waals surface area contributed by atoms with E-state index in [4.69, 9.17) is 4.74 Å². The van der Waals surface area contributed by atoms with Gasteiger partial charge in [-0.05, 0) is 20.5 Å². The zero-order chi connectivity index (χ0) is 14.3. The summed E-state index contributed by atoms with van der Waals surface area (Å²) in [7, 11) is 5.72. The Morgan fingerprint density at radius 1 is 1.32 bits per heavy atom. The Kier molecular flexibility index (Phi) is 6.97. The Bertz CT molecular complexity index is 393. The summed E-state index contributed by atoms with van der Waals surface area (Å²) in [6, 6.07) is 0. The van der Waals surface area contributed by atoms with Gasteiger partial charge in [0.1, 0.15) is 0 Å². The highest BCUT2D eigenvalue weighted by atomic mass is 32.1. The lowest BCUT2D eigenvalue weighted by Gasteiger charge is -2.23. The van der Waals surface area contributed by atoms with Gasteiger partial charge in [0.15, 0.2) is 11.4 Å². The molecule has 6 heteroatoms. The van der Waals surface area contributed by atoms with E-state index in [9.17, 15) is 4.79 Å². The molecule has 108 valence electrons. The number of methoxy groups -OCH3 is 1. The zero-order valence-electron chi connectivity index (χ0n) is 12.2. The van der Waals surface area contributed by atoms with Gasteiger partial charge in [0.05, 0.1) is 17.2 Å². The van der Waals surface area contributed by atoms with E-state index in [2.05, 4.69) is 35.8 Å². The second-order valence-electron chi connectivity index (χ2n) is 4.65. The number of carbonyl (C=O) groups is 1. The van der Waals surface area contributed by atoms with Gasteiger partial charge in [0.2, 0.25) is 0 Å². The first kappa shape index (κ1) is 16.1. The molecule has 0 saturated heterocycles. The fraction of sp³-hybridized carbons (Fsp3) is 0.692. The topological polar surface area (TPSA) is 45.7 Å². The van der Waals surface area contributed by atoms with E-state index >= 15 is 0 Å². The standard InChI is InChI=1S/C13H23N3O2S/c1-5-6-16(8-7-15(2)3)13-14-11(10-18-4)12(9-17)19-13/h9H,5-8,10H2,1-4H3. The highest BCUT2D eigenvalue weighted by Gasteiger charge is 2.15. The van der Waals surface area contributed by atoms with Gasteiger partial charge in [-0.2, -0.15) is 0 Å². The number of likely N-dealkylation sites (N-methyl/N-ethyl adjacent to an activating group) is 1. The molecule has 0 amide bonds. The van der Waals surface area contributed by atoms with Gasteiger partial charge in [0, 0.05) is 26.7 Å². The molecule has 0 radical (unpaired) electrons. The summed E-state index contributed by atoms with van der Waals surface area (Å²) in [5.74, 6) is 0. The van der Waals surface area contributed by atoms with Crippen LogP contribution in [-0.2, 0) is 11.3 Å². The maximum Gasteiger partial charge on any atom is 0.186 e. The average molecular weight is 285 g/mol. The van der Waals surface area contributed by atoms with Gasteiger partial charge in [0.25, 0.3) is 0 Å². The summed E-state index contributed by atoms with van der Waals surface area (Å²) >= 11 is 1.45. The molecule has 0 bridgehead atoms. The number of hydrogen-bond donors (Lipinski definition) is 0. The van der Waals surface area contributed by atoms with Crippen LogP contribution < -0.4 is 4.90 Å². The van der Waals surface area contributed by atoms with Crippen molar-refractivity contribution in [3.05, 3.63) is 10.6 Å². The molecule has 0 saturated carbocycles. The number of nitrogens with zero attached hydrogens (tertiary/aromatic N) is 3. The molecule has 19 heavy (non-hydrogen) atoms. The van der Waals surface area contributed by atoms with E-state index in [1.807, 2.05) is 0 Å². The number of thiazole rings is 1. The Hall–Kier alpha value is -0.980. The minimum atomic E-state index is 0.387. The molecule has 1 aromatic rings. The van der Waals surface area contributed by atoms with Crippen LogP contribution in [0, 0.1) is 0 Å². The molecule has 0 atom stereocenters. The largest absolute Gasteiger partial charge is 0.378 e. The van der Waals surface area contributed by atoms with Crippen LogP contribution in [0.3, 0.4) is 0 Å². The van der Waals surface area contributed by atoms with E-state index in [1.54, 1.807) is 7.11 Å². The van der Waals surface area contributed by atoms with Crippen molar-refractivity contribution in [2.24, 2.45) is 0 Å². The number of ether oxygens (including phenoxy) is 1. The van der Waals surface area contributed by atoms with E-state index in [-0.39, 0.29) is 0 Å². The average Bonchev–Trinajstić information content (AvgIpc) is 2.77. The van der Waals surface area contributed by atoms with Crippen molar-refractivity contribution in [2.45, 2.75) is 20.0 Å². The van der Waals surface area contributed by atoms with Gasteiger partial charge in [-0.3, -0.25) is 4.79 Å². The number of rotatable bonds is 9. The molecule has 1 aromatic heterocycles. The first-order valence-corrected chi connectivity index (χ1v) is 7.27. The van der Waals surface area contributed by atoms with Crippen LogP contribution in [0.2, 0.25) is 0 Å². The zero-order valence-corrected chi connectivity index (χ0v) is 13.0. The van der Waals surface area contributed by atoms with Crippen LogP contribution in [0.15, 0.2) is 0 Å². The molecule has 0 fully saturated rings. The maximum atomic E-state index is 11.1. The maximum absolute atomic E-state index is 11.1. The van der Waals surface area contributed by atoms with Crippen molar-refractivity contribution < 1.29 is 9.53 Å². The summed E-state index contributed by atoms with van der Waals surface area (Å²) in [6.45, 7) is 5.37. The number of aromatic nitrogens is 1. The van der Waals surface area contributed by atoms with E-state index in [0.29, 0.717) is 11.5 Å². The summed E-state index contributed by atoms with van der Waals surface area (Å²) in [5.41, 5.74) is 0.739. The van der Waals surface area contributed by atoms with Crippen LogP contribution in [0.4, 0.5) is 5.13 Å². The van der Waals surface area contributed by atoms with E-state index < -0.39 is 0 Å². The van der Waals surface area contributed by atoms with Crippen LogP contribution in [0.25, 0.3) is 0 Å². The first-order chi connectivity index (χ1) is 9.12. The van der Waals surface area contributed by atoms with Crippen molar-refractivity contribution in [3.63, 3.8) is 0 Å². The van der Waals surface area contributed by atoms with Crippen molar-refractivity contribution in [1.29, 1.82) is 0 Å². The van der Waals surface area contributed by atoms with Crippen molar-refractivity contribution in [3.8, 4) is 0 Å². The highest BCUT2D eigenvalue weighted by Crippen LogP contribution is 2.25. The molecule has 0 aliphatic heterocycles. The van der Waals surface area contributed by atoms with Gasteiger partial charge in [-0.25, -0.2) is 4.98 Å². The van der Waals surface area contributed by atoms with Crippen LogP contribution in [0.5, 0.6) is 0 Å². The molecule has 0 unspecified atom stereocenters. The van der Waals surface area contributed by atoms with Crippen LogP contribution in [0.1, 0.15) is 28.7 Å². The van der Waals surface area contributed by atoms with Gasteiger partial charge in [-0.15, -0.1) is 0 Å². The molecule has 0 N–H and O–H groups in total. The molecule has 0 aliphatic carbocycles. The summed E-state index contributed by atoms with van der Waals surface area (Å²) in [6.07, 6.45) is 1.93. The predicted octanol–water partition coefficient (Wildman–Crippen LogP) is 1.88. The van der Waals surface area contributed by atoms with Gasteiger partial charge >= 0.3 is 0 Å². The normalized spacial score (nSPS) is 11.0. The lowest BCUT2D eigenvalue weighted by Crippen LogP contribution is -2.32. The molecule has 0 spiro atoms. The monoisotopic (exact) mass is 285 g/mol. The first-order valence-electron chi connectivity index (χ1n) is 6.45. The molecule has 5 nitrogen and oxygen atoms in total. The van der Waals surface area contributed by atoms with Crippen molar-refractivity contribution in [2.75, 3.05) is 45.7 Å². The Morgan fingerprint density at radius 2 is 2.05 bits per heavy atom. The minimum Gasteiger partial charge on any atom is -0.378 e. The third kappa shape index (κ3) is 4.89. The molecule has 0 aromatic carbocycles. The third-order valence-electron chi connectivity index (χ3n) is 2.69. The van der Waals surface area contributed by atoms with E-state index in [1.165, 1.54) is 11.3 Å². The number of aldehydes is 1. The van der Waals surface area contributed by atoms with Crippen LogP contribution in [-0.4, -0.2) is 57.0 Å². The third-order valence-corrected chi connectivity index (χ3v) is 3.77.